The number of nitrogens with zero attached hydrogens (tertiary/aromatic N) is 10. The Bertz CT molecular complexity index is 3130. The van der Waals surface area contributed by atoms with Gasteiger partial charge in [-0.25, -0.2) is 0 Å². The van der Waals surface area contributed by atoms with Gasteiger partial charge in [0.05, 0.1) is 32.0 Å². The molecule has 0 radical (unpaired) electrons. The van der Waals surface area contributed by atoms with Crippen LogP contribution in [0.2, 0.25) is 0 Å². The van der Waals surface area contributed by atoms with E-state index in [1.165, 1.54) is 0 Å². The van der Waals surface area contributed by atoms with Crippen LogP contribution >= 0.6 is 0 Å². The summed E-state index contributed by atoms with van der Waals surface area (Å²) >= 11 is 0. The molecule has 0 bridgehead atoms. The first-order valence-electron chi connectivity index (χ1n) is 24.3. The second-order valence-electron chi connectivity index (χ2n) is 18.1. The van der Waals surface area contributed by atoms with Gasteiger partial charge >= 0.3 is 5.96 Å². The minimum absolute atomic E-state index is 0.00657. The second-order valence-corrected chi connectivity index (χ2v) is 18.1. The van der Waals surface area contributed by atoms with Crippen molar-refractivity contribution in [3.8, 4) is 17.1 Å². The Kier molecular flexibility index (Phi) is 15.4. The molecule has 17 nitrogen and oxygen atoms in total. The lowest BCUT2D eigenvalue weighted by Gasteiger charge is -2.22. The van der Waals surface area contributed by atoms with Crippen LogP contribution in [0.3, 0.4) is 0 Å². The van der Waals surface area contributed by atoms with Crippen molar-refractivity contribution in [2.45, 2.75) is 19.1 Å². The predicted octanol–water partition coefficient (Wildman–Crippen LogP) is 7.91. The van der Waals surface area contributed by atoms with Gasteiger partial charge in [-0.2, -0.15) is 9.48 Å². The minimum Gasteiger partial charge on any atom is -0.505 e. The molecule has 3 atom stereocenters. The number of azo groups is 2. The zero-order valence-electron chi connectivity index (χ0n) is 41.5. The standard InChI is InChI=1S/C56H58N14O3/c1-63(29-9-35-69-39-37-65(3)55(69)61-59-47-17-15-44(16-18-47)57-45-19-24-49(25-20-45)67-31-5-6-32-67)53(72)42-11-13-43(14-12-42)54(73)64(2)30-10-36-70-40-38-66(4)56(70)62-60-51-28-23-48(41-52(51)71)58-46-21-26-50(27-22-46)68-33-7-8-34-68/h5-8,11-28,31-34,37-41,55H,9-10,29-30,35-36H2,1-4H3,(H2,57,58,61,71)/p+3. The van der Waals surface area contributed by atoms with Crippen molar-refractivity contribution in [1.29, 1.82) is 0 Å². The van der Waals surface area contributed by atoms with Gasteiger partial charge in [-0.1, -0.05) is 0 Å². The second kappa shape index (κ2) is 22.9. The lowest BCUT2D eigenvalue weighted by Crippen LogP contribution is -3.11. The molecule has 0 spiro atoms. The first kappa shape index (κ1) is 49.1. The first-order valence-corrected chi connectivity index (χ1v) is 24.3. The molecule has 73 heavy (non-hydrogen) atoms. The Morgan fingerprint density at radius 1 is 0.644 bits per heavy atom. The van der Waals surface area contributed by atoms with Crippen molar-refractivity contribution in [1.82, 2.24) is 23.8 Å². The number of carbonyl (C=O) groups excluding carboxylic acids is 2. The summed E-state index contributed by atoms with van der Waals surface area (Å²) in [6.07, 6.45) is 17.3. The summed E-state index contributed by atoms with van der Waals surface area (Å²) in [7, 11) is 7.47. The number of hydrogen-bond donors (Lipinski definition) is 5. The molecule has 0 aliphatic carbocycles. The van der Waals surface area contributed by atoms with Crippen molar-refractivity contribution in [2.75, 3.05) is 65.0 Å². The normalized spacial score (nSPS) is 16.3. The van der Waals surface area contributed by atoms with Crippen LogP contribution < -0.4 is 20.4 Å². The average molecular weight is 978 g/mol. The zero-order valence-corrected chi connectivity index (χ0v) is 41.5. The lowest BCUT2D eigenvalue weighted by molar-refractivity contribution is -0.877. The molecule has 3 unspecified atom stereocenters. The van der Waals surface area contributed by atoms with E-state index in [9.17, 15) is 14.7 Å². The molecule has 2 aromatic heterocycles. The summed E-state index contributed by atoms with van der Waals surface area (Å²) in [5, 5.41) is 35.7. The van der Waals surface area contributed by atoms with Crippen molar-refractivity contribution in [3.05, 3.63) is 200 Å². The predicted molar refractivity (Wildman–Crippen MR) is 284 cm³/mol. The van der Waals surface area contributed by atoms with Crippen LogP contribution in [0.1, 0.15) is 33.6 Å². The van der Waals surface area contributed by atoms with Crippen LogP contribution in [0.4, 0.5) is 34.1 Å². The molecule has 17 heteroatoms. The molecule has 5 N–H and O–H groups in total. The quantitative estimate of drug-likeness (QED) is 0.0410. The number of benzene rings is 5. The SMILES string of the molecule is CN(CCC[NH+]1C=C[N+](C)=C1N=Nc1ccc(Nc2ccc(-n3cccc3)cc2)cc1O)C(=O)c1ccc(C(=O)N(C)CCC[NH+]2C=CN(C)C2N=Nc2ccc(Nc3ccc(-n4cccc4)cc3)cc2)cc1. The monoisotopic (exact) mass is 978 g/mol. The summed E-state index contributed by atoms with van der Waals surface area (Å²) in [6.45, 7) is 2.50. The summed E-state index contributed by atoms with van der Waals surface area (Å²) in [6, 6.07) is 44.2. The number of quaternary nitrogens is 2. The fourth-order valence-electron chi connectivity index (χ4n) is 8.64. The third-order valence-corrected chi connectivity index (χ3v) is 12.8. The topological polar surface area (TPSA) is 159 Å². The molecule has 0 saturated carbocycles. The molecule has 370 valence electrons. The molecule has 5 aromatic carbocycles. The number of aromatic nitrogens is 2. The number of phenols is 1. The van der Waals surface area contributed by atoms with Crippen LogP contribution in [0.15, 0.2) is 210 Å². The van der Waals surface area contributed by atoms with Gasteiger partial charge in [0.1, 0.15) is 29.5 Å². The van der Waals surface area contributed by atoms with Gasteiger partial charge in [0, 0.05) is 123 Å². The Labute approximate surface area is 425 Å². The van der Waals surface area contributed by atoms with E-state index >= 15 is 0 Å². The number of aromatic hydroxyl groups is 1. The molecular weight excluding hydrogens is 917 g/mol. The average Bonchev–Trinajstić information content (AvgIpc) is 4.27. The highest BCUT2D eigenvalue weighted by Crippen LogP contribution is 2.31. The summed E-state index contributed by atoms with van der Waals surface area (Å²) in [5.41, 5.74) is 7.88. The van der Waals surface area contributed by atoms with Crippen molar-refractivity contribution >= 4 is 51.9 Å². The number of phenolic OH excluding ortho intramolecular Hbond substituents is 1. The Hall–Kier alpha value is -8.93. The molecule has 2 amide bonds. The van der Waals surface area contributed by atoms with Gasteiger partial charge in [0.25, 0.3) is 18.1 Å². The van der Waals surface area contributed by atoms with Crippen LogP contribution in [-0.4, -0.2) is 112 Å². The number of hydrogen-bond acceptors (Lipinski definition) is 10. The van der Waals surface area contributed by atoms with Crippen LogP contribution in [0.25, 0.3) is 11.4 Å². The van der Waals surface area contributed by atoms with E-state index in [1.54, 1.807) is 60.3 Å². The summed E-state index contributed by atoms with van der Waals surface area (Å²) < 4.78 is 5.99. The van der Waals surface area contributed by atoms with Gasteiger partial charge < -0.3 is 39.6 Å². The first-order chi connectivity index (χ1) is 35.5. The van der Waals surface area contributed by atoms with E-state index in [0.717, 1.165) is 62.6 Å². The number of anilines is 4. The van der Waals surface area contributed by atoms with Crippen LogP contribution in [0, 0.1) is 0 Å². The number of carbonyl (C=O) groups is 2. The van der Waals surface area contributed by atoms with E-state index in [-0.39, 0.29) is 23.9 Å². The Balaban J connectivity index is 0.690. The maximum Gasteiger partial charge on any atom is 0.524 e. The smallest absolute Gasteiger partial charge is 0.505 e. The van der Waals surface area contributed by atoms with Gasteiger partial charge in [0.15, 0.2) is 5.69 Å². The Morgan fingerprint density at radius 2 is 1.15 bits per heavy atom. The zero-order chi connectivity index (χ0) is 50.7. The molecule has 2 aliphatic heterocycles. The third-order valence-electron chi connectivity index (χ3n) is 12.8. The fraction of sp³-hybridized carbons (Fsp3) is 0.196. The van der Waals surface area contributed by atoms with Crippen molar-refractivity contribution in [2.24, 2.45) is 20.5 Å². The Morgan fingerprint density at radius 3 is 1.70 bits per heavy atom. The van der Waals surface area contributed by atoms with Gasteiger partial charge in [0.2, 0.25) is 0 Å². The number of amides is 2. The van der Waals surface area contributed by atoms with Gasteiger partial charge in [-0.05, 0) is 139 Å². The maximum absolute atomic E-state index is 13.4. The third kappa shape index (κ3) is 12.3. The molecule has 9 rings (SSSR count). The highest BCUT2D eigenvalue weighted by Gasteiger charge is 2.31. The van der Waals surface area contributed by atoms with Crippen LogP contribution in [-0.2, 0) is 0 Å². The summed E-state index contributed by atoms with van der Waals surface area (Å²) in [4.78, 5) is 34.4. The largest absolute Gasteiger partial charge is 0.524 e. The maximum atomic E-state index is 13.4. The minimum atomic E-state index is -0.214. The number of nitrogens with one attached hydrogen (secondary N) is 4. The fourth-order valence-corrected chi connectivity index (χ4v) is 8.64. The van der Waals surface area contributed by atoms with Crippen LogP contribution in [0.5, 0.6) is 5.75 Å². The molecule has 0 fully saturated rings. The van der Waals surface area contributed by atoms with E-state index in [4.69, 9.17) is 0 Å². The lowest BCUT2D eigenvalue weighted by atomic mass is 10.1. The molecule has 4 heterocycles. The highest BCUT2D eigenvalue weighted by atomic mass is 16.3. The highest BCUT2D eigenvalue weighted by molar-refractivity contribution is 5.97. The molecule has 0 saturated heterocycles. The van der Waals surface area contributed by atoms with Gasteiger partial charge in [-0.3, -0.25) is 14.5 Å². The molecular formula is C56H61N14O3+3. The number of rotatable bonds is 19. The van der Waals surface area contributed by atoms with E-state index in [0.29, 0.717) is 48.8 Å². The van der Waals surface area contributed by atoms with E-state index < -0.39 is 0 Å². The van der Waals surface area contributed by atoms with Gasteiger partial charge in [-0.15, -0.1) is 10.2 Å². The van der Waals surface area contributed by atoms with Crippen molar-refractivity contribution < 1.29 is 29.1 Å². The molecule has 7 aromatic rings. The van der Waals surface area contributed by atoms with E-state index in [2.05, 4.69) is 66.1 Å². The number of guanidine groups is 1. The summed E-state index contributed by atoms with van der Waals surface area (Å²) in [5.74, 6) is 0.453. The molecule has 2 aliphatic rings. The van der Waals surface area contributed by atoms with E-state index in [1.807, 2.05) is 150 Å². The van der Waals surface area contributed by atoms with Crippen molar-refractivity contribution in [3.63, 3.8) is 0 Å².